The zero-order valence-electron chi connectivity index (χ0n) is 10.9. The molecule has 17 heavy (non-hydrogen) atoms. The van der Waals surface area contributed by atoms with Crippen LogP contribution in [0, 0.1) is 0 Å². The number of hydrogen-bond acceptors (Lipinski definition) is 4. The lowest BCUT2D eigenvalue weighted by molar-refractivity contribution is -0.123. The largest absolute Gasteiger partial charge is 0.354 e. The second-order valence-corrected chi connectivity index (χ2v) is 5.05. The van der Waals surface area contributed by atoms with Gasteiger partial charge in [0.2, 0.25) is 0 Å². The van der Waals surface area contributed by atoms with Crippen LogP contribution in [0.4, 0.5) is 0 Å². The predicted octanol–water partition coefficient (Wildman–Crippen LogP) is 2.67. The van der Waals surface area contributed by atoms with Crippen molar-refractivity contribution < 1.29 is 9.47 Å². The van der Waals surface area contributed by atoms with Gasteiger partial charge in [-0.25, -0.2) is 0 Å². The zero-order valence-corrected chi connectivity index (χ0v) is 11.8. The average Bonchev–Trinajstić information content (AvgIpc) is 2.86. The summed E-state index contributed by atoms with van der Waals surface area (Å²) in [6.45, 7) is 3.16. The molecule has 1 rings (SSSR count). The molecule has 1 unspecified atom stereocenters. The first-order valence-corrected chi connectivity index (χ1v) is 7.01. The Labute approximate surface area is 108 Å². The summed E-state index contributed by atoms with van der Waals surface area (Å²) < 4.78 is 10.7. The van der Waals surface area contributed by atoms with Gasteiger partial charge in [-0.2, -0.15) is 0 Å². The van der Waals surface area contributed by atoms with Crippen LogP contribution in [0.15, 0.2) is 17.5 Å². The minimum absolute atomic E-state index is 0.165. The molecule has 0 saturated heterocycles. The van der Waals surface area contributed by atoms with E-state index in [-0.39, 0.29) is 12.3 Å². The molecule has 0 aromatic carbocycles. The predicted molar refractivity (Wildman–Crippen MR) is 72.5 cm³/mol. The SMILES string of the molecule is CCCNC(CCc1cccs1)C(OC)OC. The van der Waals surface area contributed by atoms with Crippen molar-refractivity contribution in [1.29, 1.82) is 0 Å². The molecule has 0 bridgehead atoms. The van der Waals surface area contributed by atoms with E-state index in [2.05, 4.69) is 29.8 Å². The van der Waals surface area contributed by atoms with E-state index in [1.54, 1.807) is 25.6 Å². The van der Waals surface area contributed by atoms with Crippen molar-refractivity contribution in [2.45, 2.75) is 38.5 Å². The molecule has 0 amide bonds. The molecular formula is C13H23NO2S. The molecule has 3 nitrogen and oxygen atoms in total. The number of rotatable bonds is 9. The summed E-state index contributed by atoms with van der Waals surface area (Å²) in [5, 5.41) is 5.61. The Morgan fingerprint density at radius 1 is 1.35 bits per heavy atom. The maximum absolute atomic E-state index is 5.35. The minimum Gasteiger partial charge on any atom is -0.354 e. The standard InChI is InChI=1S/C13H23NO2S/c1-4-9-14-12(13(15-2)16-3)8-7-11-6-5-10-17-11/h5-6,10,12-14H,4,7-9H2,1-3H3. The summed E-state index contributed by atoms with van der Waals surface area (Å²) in [6.07, 6.45) is 3.06. The van der Waals surface area contributed by atoms with E-state index < -0.39 is 0 Å². The van der Waals surface area contributed by atoms with Crippen LogP contribution in [0.5, 0.6) is 0 Å². The second kappa shape index (κ2) is 8.64. The summed E-state index contributed by atoms with van der Waals surface area (Å²) in [4.78, 5) is 1.42. The van der Waals surface area contributed by atoms with Crippen molar-refractivity contribution in [2.24, 2.45) is 0 Å². The summed E-state index contributed by atoms with van der Waals surface area (Å²) in [5.41, 5.74) is 0. The van der Waals surface area contributed by atoms with Crippen molar-refractivity contribution in [3.05, 3.63) is 22.4 Å². The monoisotopic (exact) mass is 257 g/mol. The number of methoxy groups -OCH3 is 2. The highest BCUT2D eigenvalue weighted by Crippen LogP contribution is 2.14. The van der Waals surface area contributed by atoms with Crippen LogP contribution in [0.2, 0.25) is 0 Å². The third kappa shape index (κ3) is 5.17. The smallest absolute Gasteiger partial charge is 0.171 e. The lowest BCUT2D eigenvalue weighted by Gasteiger charge is -2.25. The molecular weight excluding hydrogens is 234 g/mol. The fourth-order valence-electron chi connectivity index (χ4n) is 1.84. The van der Waals surface area contributed by atoms with Crippen molar-refractivity contribution in [3.63, 3.8) is 0 Å². The first kappa shape index (κ1) is 14.6. The quantitative estimate of drug-likeness (QED) is 0.690. The fourth-order valence-corrected chi connectivity index (χ4v) is 2.57. The fraction of sp³-hybridized carbons (Fsp3) is 0.692. The van der Waals surface area contributed by atoms with Crippen LogP contribution < -0.4 is 5.32 Å². The minimum atomic E-state index is -0.165. The molecule has 0 fully saturated rings. The van der Waals surface area contributed by atoms with Gasteiger partial charge in [-0.3, -0.25) is 0 Å². The lowest BCUT2D eigenvalue weighted by Crippen LogP contribution is -2.42. The Bertz CT molecular complexity index is 273. The summed E-state index contributed by atoms with van der Waals surface area (Å²) in [5.74, 6) is 0. The topological polar surface area (TPSA) is 30.5 Å². The van der Waals surface area contributed by atoms with Gasteiger partial charge in [0.05, 0.1) is 6.04 Å². The van der Waals surface area contributed by atoms with Crippen molar-refractivity contribution in [2.75, 3.05) is 20.8 Å². The number of hydrogen-bond donors (Lipinski definition) is 1. The Kier molecular flexibility index (Phi) is 7.44. The third-order valence-corrected chi connectivity index (χ3v) is 3.67. The third-order valence-electron chi connectivity index (χ3n) is 2.73. The molecule has 0 aliphatic heterocycles. The van der Waals surface area contributed by atoms with Gasteiger partial charge in [-0.1, -0.05) is 13.0 Å². The Morgan fingerprint density at radius 2 is 2.12 bits per heavy atom. The Balaban J connectivity index is 2.44. The second-order valence-electron chi connectivity index (χ2n) is 4.02. The molecule has 1 aromatic rings. The summed E-state index contributed by atoms with van der Waals surface area (Å²) in [6, 6.07) is 4.53. The maximum atomic E-state index is 5.35. The molecule has 1 aromatic heterocycles. The number of thiophene rings is 1. The van der Waals surface area contributed by atoms with E-state index >= 15 is 0 Å². The van der Waals surface area contributed by atoms with E-state index in [9.17, 15) is 0 Å². The highest BCUT2D eigenvalue weighted by molar-refractivity contribution is 7.09. The molecule has 0 saturated carbocycles. The summed E-state index contributed by atoms with van der Waals surface area (Å²) >= 11 is 1.81. The molecule has 0 aliphatic rings. The van der Waals surface area contributed by atoms with Gasteiger partial charge in [-0.05, 0) is 37.3 Å². The van der Waals surface area contributed by atoms with Crippen molar-refractivity contribution in [1.82, 2.24) is 5.32 Å². The van der Waals surface area contributed by atoms with Crippen LogP contribution in [-0.2, 0) is 15.9 Å². The van der Waals surface area contributed by atoms with Gasteiger partial charge < -0.3 is 14.8 Å². The molecule has 1 N–H and O–H groups in total. The molecule has 0 aliphatic carbocycles. The molecule has 0 spiro atoms. The van der Waals surface area contributed by atoms with Crippen LogP contribution in [0.3, 0.4) is 0 Å². The van der Waals surface area contributed by atoms with E-state index in [1.807, 2.05) is 0 Å². The first-order chi connectivity index (χ1) is 8.31. The molecule has 0 radical (unpaired) electrons. The first-order valence-electron chi connectivity index (χ1n) is 6.13. The highest BCUT2D eigenvalue weighted by Gasteiger charge is 2.19. The van der Waals surface area contributed by atoms with E-state index in [1.165, 1.54) is 4.88 Å². The van der Waals surface area contributed by atoms with Crippen LogP contribution in [0.1, 0.15) is 24.6 Å². The van der Waals surface area contributed by atoms with E-state index in [4.69, 9.17) is 9.47 Å². The maximum Gasteiger partial charge on any atom is 0.171 e. The normalized spacial score (nSPS) is 13.2. The van der Waals surface area contributed by atoms with Gasteiger partial charge in [0, 0.05) is 19.1 Å². The lowest BCUT2D eigenvalue weighted by atomic mass is 10.1. The molecule has 98 valence electrons. The van der Waals surface area contributed by atoms with Gasteiger partial charge in [0.1, 0.15) is 0 Å². The van der Waals surface area contributed by atoms with Crippen LogP contribution in [0.25, 0.3) is 0 Å². The van der Waals surface area contributed by atoms with Crippen LogP contribution in [-0.4, -0.2) is 33.1 Å². The average molecular weight is 257 g/mol. The molecule has 1 atom stereocenters. The van der Waals surface area contributed by atoms with Gasteiger partial charge in [-0.15, -0.1) is 11.3 Å². The van der Waals surface area contributed by atoms with Gasteiger partial charge >= 0.3 is 0 Å². The number of ether oxygens (including phenoxy) is 2. The van der Waals surface area contributed by atoms with E-state index in [0.29, 0.717) is 0 Å². The van der Waals surface area contributed by atoms with Crippen molar-refractivity contribution in [3.8, 4) is 0 Å². The number of nitrogens with one attached hydrogen (secondary N) is 1. The Hall–Kier alpha value is -0.420. The Morgan fingerprint density at radius 3 is 2.65 bits per heavy atom. The van der Waals surface area contributed by atoms with Crippen molar-refractivity contribution >= 4 is 11.3 Å². The van der Waals surface area contributed by atoms with Gasteiger partial charge in [0.25, 0.3) is 0 Å². The highest BCUT2D eigenvalue weighted by atomic mass is 32.1. The van der Waals surface area contributed by atoms with E-state index in [0.717, 1.165) is 25.8 Å². The van der Waals surface area contributed by atoms with Gasteiger partial charge in [0.15, 0.2) is 6.29 Å². The molecule has 1 heterocycles. The zero-order chi connectivity index (χ0) is 12.5. The number of aryl methyl sites for hydroxylation is 1. The van der Waals surface area contributed by atoms with Crippen LogP contribution >= 0.6 is 11.3 Å². The summed E-state index contributed by atoms with van der Waals surface area (Å²) in [7, 11) is 3.39. The molecule has 4 heteroatoms.